The van der Waals surface area contributed by atoms with Crippen molar-refractivity contribution in [3.05, 3.63) is 29.8 Å². The van der Waals surface area contributed by atoms with Crippen molar-refractivity contribution >= 4 is 11.7 Å². The fourth-order valence-electron chi connectivity index (χ4n) is 1.48. The number of carbonyl (C=O) groups is 1. The van der Waals surface area contributed by atoms with Gasteiger partial charge in [0, 0.05) is 24.5 Å². The first-order valence-corrected chi connectivity index (χ1v) is 4.85. The Bertz CT molecular complexity index is 535. The standard InChI is InChI=1S/C10H12N4O2/c1-6-3-12-10-13-4-7(14(10)5-6)2-8(11)9(15)16/h3-5,8H,2,11H2,1H3,(H,15,16). The second-order valence-electron chi connectivity index (χ2n) is 3.70. The van der Waals surface area contributed by atoms with Gasteiger partial charge in [-0.05, 0) is 12.5 Å². The zero-order valence-electron chi connectivity index (χ0n) is 8.79. The van der Waals surface area contributed by atoms with Gasteiger partial charge in [0.1, 0.15) is 6.04 Å². The number of aliphatic carboxylic acids is 1. The number of rotatable bonds is 3. The second kappa shape index (κ2) is 3.90. The molecule has 6 heteroatoms. The highest BCUT2D eigenvalue weighted by atomic mass is 16.4. The number of aryl methyl sites for hydroxylation is 1. The molecule has 0 radical (unpaired) electrons. The highest BCUT2D eigenvalue weighted by molar-refractivity contribution is 5.73. The van der Waals surface area contributed by atoms with Crippen LogP contribution in [0.15, 0.2) is 18.6 Å². The first-order chi connectivity index (χ1) is 7.58. The molecule has 16 heavy (non-hydrogen) atoms. The average Bonchev–Trinajstić information content (AvgIpc) is 2.61. The van der Waals surface area contributed by atoms with E-state index in [0.717, 1.165) is 11.3 Å². The van der Waals surface area contributed by atoms with Gasteiger partial charge in [-0.3, -0.25) is 9.20 Å². The summed E-state index contributed by atoms with van der Waals surface area (Å²) in [6.45, 7) is 1.91. The molecule has 2 heterocycles. The summed E-state index contributed by atoms with van der Waals surface area (Å²) >= 11 is 0. The third kappa shape index (κ3) is 1.87. The fraction of sp³-hybridized carbons (Fsp3) is 0.300. The summed E-state index contributed by atoms with van der Waals surface area (Å²) in [7, 11) is 0. The molecule has 1 atom stereocenters. The summed E-state index contributed by atoms with van der Waals surface area (Å²) in [5.41, 5.74) is 7.21. The molecule has 2 aromatic heterocycles. The first kappa shape index (κ1) is 10.6. The minimum atomic E-state index is -1.02. The van der Waals surface area contributed by atoms with Crippen LogP contribution in [-0.4, -0.2) is 31.5 Å². The molecule has 1 unspecified atom stereocenters. The van der Waals surface area contributed by atoms with Crippen LogP contribution in [0.25, 0.3) is 5.78 Å². The lowest BCUT2D eigenvalue weighted by Crippen LogP contribution is -2.32. The van der Waals surface area contributed by atoms with Crippen LogP contribution in [0.3, 0.4) is 0 Å². The SMILES string of the molecule is Cc1cnc2ncc(CC(N)C(=O)O)n2c1. The third-order valence-corrected chi connectivity index (χ3v) is 2.32. The van der Waals surface area contributed by atoms with Gasteiger partial charge in [0.25, 0.3) is 0 Å². The van der Waals surface area contributed by atoms with Crippen molar-refractivity contribution < 1.29 is 9.90 Å². The topological polar surface area (TPSA) is 93.5 Å². The molecule has 0 aliphatic rings. The van der Waals surface area contributed by atoms with Gasteiger partial charge in [-0.25, -0.2) is 9.97 Å². The van der Waals surface area contributed by atoms with Crippen molar-refractivity contribution in [2.45, 2.75) is 19.4 Å². The van der Waals surface area contributed by atoms with Crippen LogP contribution < -0.4 is 5.73 Å². The first-order valence-electron chi connectivity index (χ1n) is 4.85. The number of hydrogen-bond donors (Lipinski definition) is 2. The molecule has 6 nitrogen and oxygen atoms in total. The number of aromatic nitrogens is 3. The summed E-state index contributed by atoms with van der Waals surface area (Å²) in [6, 6.07) is -0.916. The van der Waals surface area contributed by atoms with Crippen molar-refractivity contribution in [1.29, 1.82) is 0 Å². The number of carboxylic acid groups (broad SMARTS) is 1. The van der Waals surface area contributed by atoms with Gasteiger partial charge in [-0.2, -0.15) is 0 Å². The normalized spacial score (nSPS) is 12.9. The zero-order chi connectivity index (χ0) is 11.7. The Morgan fingerprint density at radius 3 is 2.94 bits per heavy atom. The van der Waals surface area contributed by atoms with Crippen molar-refractivity contribution in [1.82, 2.24) is 14.4 Å². The van der Waals surface area contributed by atoms with Crippen molar-refractivity contribution in [2.75, 3.05) is 0 Å². The molecule has 0 saturated heterocycles. The molecular formula is C10H12N4O2. The number of nitrogens with two attached hydrogens (primary N) is 1. The van der Waals surface area contributed by atoms with Crippen molar-refractivity contribution in [3.8, 4) is 0 Å². The Morgan fingerprint density at radius 2 is 2.25 bits per heavy atom. The van der Waals surface area contributed by atoms with E-state index < -0.39 is 12.0 Å². The summed E-state index contributed by atoms with van der Waals surface area (Å²) in [5, 5.41) is 8.74. The molecule has 0 aliphatic carbocycles. The molecule has 84 valence electrons. The van der Waals surface area contributed by atoms with E-state index in [-0.39, 0.29) is 6.42 Å². The highest BCUT2D eigenvalue weighted by Crippen LogP contribution is 2.07. The largest absolute Gasteiger partial charge is 0.480 e. The van der Waals surface area contributed by atoms with E-state index in [4.69, 9.17) is 10.8 Å². The summed E-state index contributed by atoms with van der Waals surface area (Å²) in [4.78, 5) is 18.9. The van der Waals surface area contributed by atoms with Crippen molar-refractivity contribution in [2.24, 2.45) is 5.73 Å². The van der Waals surface area contributed by atoms with Gasteiger partial charge in [0.15, 0.2) is 0 Å². The van der Waals surface area contributed by atoms with Gasteiger partial charge < -0.3 is 10.8 Å². The molecule has 0 saturated carbocycles. The van der Waals surface area contributed by atoms with Crippen LogP contribution in [-0.2, 0) is 11.2 Å². The van der Waals surface area contributed by atoms with Gasteiger partial charge in [-0.1, -0.05) is 0 Å². The molecule has 0 amide bonds. The molecular weight excluding hydrogens is 208 g/mol. The Morgan fingerprint density at radius 1 is 1.56 bits per heavy atom. The number of fused-ring (bicyclic) bond motifs is 1. The number of nitrogens with zero attached hydrogens (tertiary/aromatic N) is 3. The van der Waals surface area contributed by atoms with E-state index in [1.165, 1.54) is 0 Å². The lowest BCUT2D eigenvalue weighted by molar-refractivity contribution is -0.138. The maximum atomic E-state index is 10.7. The van der Waals surface area contributed by atoms with E-state index in [0.29, 0.717) is 5.78 Å². The predicted molar refractivity (Wildman–Crippen MR) is 57.0 cm³/mol. The van der Waals surface area contributed by atoms with Crippen LogP contribution in [0.5, 0.6) is 0 Å². The average molecular weight is 220 g/mol. The molecule has 0 aliphatic heterocycles. The molecule has 3 N–H and O–H groups in total. The Labute approximate surface area is 91.7 Å². The van der Waals surface area contributed by atoms with Gasteiger partial charge in [-0.15, -0.1) is 0 Å². The Kier molecular flexibility index (Phi) is 2.57. The number of imidazole rings is 1. The van der Waals surface area contributed by atoms with E-state index >= 15 is 0 Å². The van der Waals surface area contributed by atoms with Gasteiger partial charge in [0.2, 0.25) is 5.78 Å². The monoisotopic (exact) mass is 220 g/mol. The summed E-state index contributed by atoms with van der Waals surface area (Å²) in [5.74, 6) is -0.464. The number of hydrogen-bond acceptors (Lipinski definition) is 4. The van der Waals surface area contributed by atoms with Crippen LogP contribution in [0.1, 0.15) is 11.3 Å². The summed E-state index contributed by atoms with van der Waals surface area (Å²) < 4.78 is 1.76. The molecule has 2 aromatic rings. The van der Waals surface area contributed by atoms with Crippen LogP contribution in [0.2, 0.25) is 0 Å². The molecule has 2 rings (SSSR count). The smallest absolute Gasteiger partial charge is 0.320 e. The lowest BCUT2D eigenvalue weighted by atomic mass is 10.2. The minimum Gasteiger partial charge on any atom is -0.480 e. The minimum absolute atomic E-state index is 0.238. The van der Waals surface area contributed by atoms with E-state index in [1.807, 2.05) is 13.1 Å². The van der Waals surface area contributed by atoms with E-state index in [1.54, 1.807) is 16.8 Å². The fourth-order valence-corrected chi connectivity index (χ4v) is 1.48. The zero-order valence-corrected chi connectivity index (χ0v) is 8.79. The molecule has 0 fully saturated rings. The Balaban J connectivity index is 2.37. The van der Waals surface area contributed by atoms with Gasteiger partial charge >= 0.3 is 5.97 Å². The third-order valence-electron chi connectivity index (χ3n) is 2.32. The maximum Gasteiger partial charge on any atom is 0.320 e. The van der Waals surface area contributed by atoms with E-state index in [9.17, 15) is 4.79 Å². The lowest BCUT2D eigenvalue weighted by Gasteiger charge is -2.05. The predicted octanol–water partition coefficient (Wildman–Crippen LogP) is -0.00788. The van der Waals surface area contributed by atoms with Crippen molar-refractivity contribution in [3.63, 3.8) is 0 Å². The summed E-state index contributed by atoms with van der Waals surface area (Å²) in [6.07, 6.45) is 5.41. The second-order valence-corrected chi connectivity index (χ2v) is 3.70. The quantitative estimate of drug-likeness (QED) is 0.758. The maximum absolute atomic E-state index is 10.7. The molecule has 0 bridgehead atoms. The highest BCUT2D eigenvalue weighted by Gasteiger charge is 2.15. The number of carboxylic acids is 1. The van der Waals surface area contributed by atoms with Gasteiger partial charge in [0.05, 0.1) is 6.20 Å². The van der Waals surface area contributed by atoms with E-state index in [2.05, 4.69) is 9.97 Å². The Hall–Kier alpha value is -1.95. The molecule has 0 aromatic carbocycles. The van der Waals surface area contributed by atoms with Crippen LogP contribution in [0, 0.1) is 6.92 Å². The van der Waals surface area contributed by atoms with Crippen LogP contribution in [0.4, 0.5) is 0 Å². The van der Waals surface area contributed by atoms with Crippen LogP contribution >= 0.6 is 0 Å². The molecule has 0 spiro atoms.